The Morgan fingerprint density at radius 1 is 0.970 bits per heavy atom. The van der Waals surface area contributed by atoms with E-state index in [4.69, 9.17) is 9.47 Å². The SMILES string of the molecule is CC(C)(C)OC(=O)NC(Cc1ccc(Oc2ccc(Nc3ccccn3)cc2)cc1)C(=O)O. The van der Waals surface area contributed by atoms with Crippen LogP contribution in [0.4, 0.5) is 16.3 Å². The van der Waals surface area contributed by atoms with Crippen molar-refractivity contribution in [2.75, 3.05) is 5.32 Å². The first-order valence-corrected chi connectivity index (χ1v) is 10.5. The third-order valence-electron chi connectivity index (χ3n) is 4.38. The lowest BCUT2D eigenvalue weighted by molar-refractivity contribution is -0.139. The largest absolute Gasteiger partial charge is 0.480 e. The molecule has 8 nitrogen and oxygen atoms in total. The summed E-state index contributed by atoms with van der Waals surface area (Å²) in [6.45, 7) is 5.14. The van der Waals surface area contributed by atoms with Crippen molar-refractivity contribution in [3.05, 3.63) is 78.5 Å². The molecule has 3 N–H and O–H groups in total. The Morgan fingerprint density at radius 3 is 2.15 bits per heavy atom. The predicted octanol–water partition coefficient (Wildman–Crippen LogP) is 5.14. The first-order chi connectivity index (χ1) is 15.7. The van der Waals surface area contributed by atoms with Crippen molar-refractivity contribution in [2.24, 2.45) is 0 Å². The number of amides is 1. The van der Waals surface area contributed by atoms with Gasteiger partial charge in [-0.05, 0) is 74.9 Å². The number of benzene rings is 2. The van der Waals surface area contributed by atoms with E-state index in [9.17, 15) is 14.7 Å². The van der Waals surface area contributed by atoms with Crippen LogP contribution >= 0.6 is 0 Å². The number of ether oxygens (including phenoxy) is 2. The summed E-state index contributed by atoms with van der Waals surface area (Å²) in [6, 6.07) is 19.0. The number of alkyl carbamates (subject to hydrolysis) is 1. The molecule has 0 saturated heterocycles. The summed E-state index contributed by atoms with van der Waals surface area (Å²) < 4.78 is 11.0. The van der Waals surface area contributed by atoms with E-state index in [-0.39, 0.29) is 6.42 Å². The van der Waals surface area contributed by atoms with Crippen LogP contribution in [-0.4, -0.2) is 33.8 Å². The van der Waals surface area contributed by atoms with Crippen LogP contribution in [0.25, 0.3) is 0 Å². The Labute approximate surface area is 192 Å². The number of pyridine rings is 1. The summed E-state index contributed by atoms with van der Waals surface area (Å²) in [7, 11) is 0. The van der Waals surface area contributed by atoms with Gasteiger partial charge < -0.3 is 25.2 Å². The minimum Gasteiger partial charge on any atom is -0.480 e. The highest BCUT2D eigenvalue weighted by Gasteiger charge is 2.24. The molecule has 0 radical (unpaired) electrons. The molecule has 0 fully saturated rings. The van der Waals surface area contributed by atoms with E-state index in [2.05, 4.69) is 15.6 Å². The first-order valence-electron chi connectivity index (χ1n) is 10.5. The third-order valence-corrected chi connectivity index (χ3v) is 4.38. The average Bonchev–Trinajstić information content (AvgIpc) is 2.75. The Kier molecular flexibility index (Phi) is 7.50. The van der Waals surface area contributed by atoms with Gasteiger partial charge in [0.05, 0.1) is 0 Å². The van der Waals surface area contributed by atoms with Gasteiger partial charge >= 0.3 is 12.1 Å². The molecule has 1 atom stereocenters. The second-order valence-corrected chi connectivity index (χ2v) is 8.35. The topological polar surface area (TPSA) is 110 Å². The van der Waals surface area contributed by atoms with Crippen molar-refractivity contribution in [3.63, 3.8) is 0 Å². The first kappa shape index (κ1) is 23.6. The molecule has 0 spiro atoms. The second-order valence-electron chi connectivity index (χ2n) is 8.35. The van der Waals surface area contributed by atoms with Crippen LogP contribution in [0.2, 0.25) is 0 Å². The standard InChI is InChI=1S/C25H27N3O5/c1-25(2,3)33-24(31)28-21(23(29)30)16-17-7-11-19(12-8-17)32-20-13-9-18(10-14-20)27-22-6-4-5-15-26-22/h4-15,21H,16H2,1-3H3,(H,26,27)(H,28,31)(H,29,30). The summed E-state index contributed by atoms with van der Waals surface area (Å²) in [5, 5.41) is 15.0. The minimum absolute atomic E-state index is 0.114. The number of carbonyl (C=O) groups is 2. The van der Waals surface area contributed by atoms with Gasteiger partial charge in [-0.2, -0.15) is 0 Å². The molecule has 0 aliphatic rings. The highest BCUT2D eigenvalue weighted by atomic mass is 16.6. The van der Waals surface area contributed by atoms with Crippen LogP contribution in [0.5, 0.6) is 11.5 Å². The molecule has 3 rings (SSSR count). The van der Waals surface area contributed by atoms with E-state index >= 15 is 0 Å². The number of carbonyl (C=O) groups excluding carboxylic acids is 1. The molecule has 3 aromatic rings. The van der Waals surface area contributed by atoms with Crippen molar-refractivity contribution >= 4 is 23.6 Å². The lowest BCUT2D eigenvalue weighted by atomic mass is 10.1. The van der Waals surface area contributed by atoms with E-state index in [1.165, 1.54) is 0 Å². The Balaban J connectivity index is 1.56. The molecule has 8 heteroatoms. The molecule has 1 unspecified atom stereocenters. The van der Waals surface area contributed by atoms with Crippen LogP contribution in [0, 0.1) is 0 Å². The zero-order valence-electron chi connectivity index (χ0n) is 18.7. The van der Waals surface area contributed by atoms with Crippen molar-refractivity contribution in [3.8, 4) is 11.5 Å². The molecule has 33 heavy (non-hydrogen) atoms. The van der Waals surface area contributed by atoms with Gasteiger partial charge in [-0.3, -0.25) is 0 Å². The lowest BCUT2D eigenvalue weighted by Crippen LogP contribution is -2.44. The van der Waals surface area contributed by atoms with E-state index in [1.807, 2.05) is 42.5 Å². The van der Waals surface area contributed by atoms with Crippen LogP contribution in [0.15, 0.2) is 72.9 Å². The van der Waals surface area contributed by atoms with E-state index in [0.717, 1.165) is 17.1 Å². The normalized spacial score (nSPS) is 11.8. The summed E-state index contributed by atoms with van der Waals surface area (Å²) in [5.41, 5.74) is 0.910. The number of anilines is 2. The van der Waals surface area contributed by atoms with Crippen LogP contribution in [0.1, 0.15) is 26.3 Å². The molecular weight excluding hydrogens is 422 g/mol. The number of hydrogen-bond donors (Lipinski definition) is 3. The fourth-order valence-electron chi connectivity index (χ4n) is 2.91. The van der Waals surface area contributed by atoms with Gasteiger partial charge in [0.2, 0.25) is 0 Å². The molecule has 0 aliphatic heterocycles. The van der Waals surface area contributed by atoms with Crippen LogP contribution in [-0.2, 0) is 16.0 Å². The highest BCUT2D eigenvalue weighted by Crippen LogP contribution is 2.24. The van der Waals surface area contributed by atoms with Gasteiger partial charge in [0.25, 0.3) is 0 Å². The van der Waals surface area contributed by atoms with Gasteiger partial charge in [0.1, 0.15) is 29.0 Å². The van der Waals surface area contributed by atoms with Crippen LogP contribution in [0.3, 0.4) is 0 Å². The maximum atomic E-state index is 11.9. The predicted molar refractivity (Wildman–Crippen MR) is 125 cm³/mol. The van der Waals surface area contributed by atoms with Crippen molar-refractivity contribution in [2.45, 2.75) is 38.8 Å². The fourth-order valence-corrected chi connectivity index (χ4v) is 2.91. The molecule has 172 valence electrons. The average molecular weight is 450 g/mol. The molecule has 0 aliphatic carbocycles. The number of carboxylic acid groups (broad SMARTS) is 1. The third kappa shape index (κ3) is 7.84. The van der Waals surface area contributed by atoms with E-state index in [1.54, 1.807) is 51.2 Å². The van der Waals surface area contributed by atoms with E-state index < -0.39 is 23.7 Å². The lowest BCUT2D eigenvalue weighted by Gasteiger charge is -2.22. The molecule has 2 aromatic carbocycles. The number of hydrogen-bond acceptors (Lipinski definition) is 6. The molecule has 0 saturated carbocycles. The van der Waals surface area contributed by atoms with Crippen molar-refractivity contribution < 1.29 is 24.2 Å². The Hall–Kier alpha value is -4.07. The maximum absolute atomic E-state index is 11.9. The molecule has 0 bridgehead atoms. The number of nitrogens with zero attached hydrogens (tertiary/aromatic N) is 1. The molecule has 1 aromatic heterocycles. The summed E-state index contributed by atoms with van der Waals surface area (Å²) >= 11 is 0. The van der Waals surface area contributed by atoms with Gasteiger partial charge in [-0.1, -0.05) is 18.2 Å². The summed E-state index contributed by atoms with van der Waals surface area (Å²) in [6.07, 6.45) is 1.06. The van der Waals surface area contributed by atoms with E-state index in [0.29, 0.717) is 11.5 Å². The Bertz CT molecular complexity index is 1060. The minimum atomic E-state index is -1.14. The molecule has 1 amide bonds. The number of carboxylic acids is 1. The second kappa shape index (κ2) is 10.5. The van der Waals surface area contributed by atoms with Crippen molar-refractivity contribution in [1.29, 1.82) is 0 Å². The summed E-state index contributed by atoms with van der Waals surface area (Å²) in [5.74, 6) is 0.878. The summed E-state index contributed by atoms with van der Waals surface area (Å²) in [4.78, 5) is 27.7. The number of rotatable bonds is 8. The molecular formula is C25H27N3O5. The number of aromatic nitrogens is 1. The quantitative estimate of drug-likeness (QED) is 0.437. The Morgan fingerprint density at radius 2 is 1.61 bits per heavy atom. The van der Waals surface area contributed by atoms with Gasteiger partial charge in [-0.15, -0.1) is 0 Å². The molecule has 1 heterocycles. The smallest absolute Gasteiger partial charge is 0.408 e. The van der Waals surface area contributed by atoms with Gasteiger partial charge in [0.15, 0.2) is 0 Å². The number of nitrogens with one attached hydrogen (secondary N) is 2. The van der Waals surface area contributed by atoms with Crippen LogP contribution < -0.4 is 15.4 Å². The number of aliphatic carboxylic acids is 1. The van der Waals surface area contributed by atoms with Crippen molar-refractivity contribution in [1.82, 2.24) is 10.3 Å². The zero-order valence-corrected chi connectivity index (χ0v) is 18.7. The monoisotopic (exact) mass is 449 g/mol. The maximum Gasteiger partial charge on any atom is 0.408 e. The fraction of sp³-hybridized carbons (Fsp3) is 0.240. The highest BCUT2D eigenvalue weighted by molar-refractivity contribution is 5.80. The van der Waals surface area contributed by atoms with Gasteiger partial charge in [0, 0.05) is 18.3 Å². The van der Waals surface area contributed by atoms with Gasteiger partial charge in [-0.25, -0.2) is 14.6 Å². The zero-order chi connectivity index (χ0) is 23.8.